The maximum absolute atomic E-state index is 12.5. The number of fused-ring (bicyclic) bond motifs is 1. The average molecular weight is 300 g/mol. The summed E-state index contributed by atoms with van der Waals surface area (Å²) in [4.78, 5) is 13.6. The molecule has 1 amide bonds. The van der Waals surface area contributed by atoms with Crippen LogP contribution in [-0.2, 0) is 11.2 Å². The summed E-state index contributed by atoms with van der Waals surface area (Å²) in [6, 6.07) is 10.1. The van der Waals surface area contributed by atoms with Crippen molar-refractivity contribution in [2.24, 2.45) is 0 Å². The minimum absolute atomic E-state index is 0.0934. The molecule has 21 heavy (non-hydrogen) atoms. The Morgan fingerprint density at radius 3 is 3.05 bits per heavy atom. The van der Waals surface area contributed by atoms with Crippen LogP contribution in [0, 0.1) is 0 Å². The molecule has 2 atom stereocenters. The van der Waals surface area contributed by atoms with Crippen LogP contribution in [-0.4, -0.2) is 5.91 Å². The second-order valence-electron chi connectivity index (χ2n) is 5.65. The highest BCUT2D eigenvalue weighted by Crippen LogP contribution is 2.32. The predicted octanol–water partition coefficient (Wildman–Crippen LogP) is 3.63. The minimum atomic E-state index is -0.0934. The van der Waals surface area contributed by atoms with Crippen molar-refractivity contribution in [1.82, 2.24) is 5.32 Å². The van der Waals surface area contributed by atoms with Crippen molar-refractivity contribution in [2.75, 3.05) is 5.73 Å². The van der Waals surface area contributed by atoms with E-state index >= 15 is 0 Å². The summed E-state index contributed by atoms with van der Waals surface area (Å²) in [6.45, 7) is 1.97. The van der Waals surface area contributed by atoms with Crippen molar-refractivity contribution in [3.8, 4) is 0 Å². The van der Waals surface area contributed by atoms with Crippen LogP contribution in [0.25, 0.3) is 0 Å². The number of benzene rings is 1. The molecule has 0 aliphatic heterocycles. The van der Waals surface area contributed by atoms with Gasteiger partial charge in [-0.15, -0.1) is 11.3 Å². The average Bonchev–Trinajstić information content (AvgIpc) is 3.00. The second kappa shape index (κ2) is 5.90. The molecule has 3 rings (SSSR count). The third kappa shape index (κ3) is 2.95. The number of carbonyl (C=O) groups excluding carboxylic acids is 1. The quantitative estimate of drug-likeness (QED) is 0.851. The molecule has 1 aromatic heterocycles. The van der Waals surface area contributed by atoms with Crippen LogP contribution in [0.15, 0.2) is 35.7 Å². The molecular formula is C17H20N2OS. The van der Waals surface area contributed by atoms with E-state index in [2.05, 4.69) is 11.4 Å². The highest BCUT2D eigenvalue weighted by atomic mass is 32.1. The summed E-state index contributed by atoms with van der Waals surface area (Å²) in [6.07, 6.45) is 3.14. The first-order valence-corrected chi connectivity index (χ1v) is 8.25. The maximum Gasteiger partial charge on any atom is 0.228 e. The molecular weight excluding hydrogens is 280 g/mol. The van der Waals surface area contributed by atoms with Crippen molar-refractivity contribution in [1.29, 1.82) is 0 Å². The number of hydrogen-bond acceptors (Lipinski definition) is 3. The maximum atomic E-state index is 12.5. The predicted molar refractivity (Wildman–Crippen MR) is 87.4 cm³/mol. The van der Waals surface area contributed by atoms with E-state index in [9.17, 15) is 4.79 Å². The molecule has 1 aromatic carbocycles. The van der Waals surface area contributed by atoms with Gasteiger partial charge in [-0.05, 0) is 60.9 Å². The van der Waals surface area contributed by atoms with Gasteiger partial charge in [0.05, 0.1) is 12.0 Å². The van der Waals surface area contributed by atoms with E-state index in [-0.39, 0.29) is 17.9 Å². The topological polar surface area (TPSA) is 55.1 Å². The number of nitrogen functional groups attached to an aromatic ring is 1. The molecule has 0 radical (unpaired) electrons. The van der Waals surface area contributed by atoms with Crippen molar-refractivity contribution >= 4 is 22.9 Å². The molecule has 0 spiro atoms. The lowest BCUT2D eigenvalue weighted by Crippen LogP contribution is -2.33. The zero-order valence-electron chi connectivity index (χ0n) is 12.1. The van der Waals surface area contributed by atoms with Gasteiger partial charge in [-0.3, -0.25) is 4.79 Å². The largest absolute Gasteiger partial charge is 0.399 e. The third-order valence-electron chi connectivity index (χ3n) is 4.16. The number of nitrogens with two attached hydrogens (primary N) is 1. The fourth-order valence-corrected chi connectivity index (χ4v) is 3.73. The lowest BCUT2D eigenvalue weighted by Gasteiger charge is -2.27. The standard InChI is InChI=1S/C17H20N2OS/c1-11(16-6-3-9-21-16)17(20)19-15-5-2-4-12-10-13(18)7-8-14(12)15/h3,6-11,15H,2,4-5,18H2,1H3,(H,19,20). The lowest BCUT2D eigenvalue weighted by atomic mass is 9.87. The Bertz CT molecular complexity index is 636. The molecule has 0 bridgehead atoms. The highest BCUT2D eigenvalue weighted by Gasteiger charge is 2.24. The Morgan fingerprint density at radius 2 is 2.29 bits per heavy atom. The summed E-state index contributed by atoms with van der Waals surface area (Å²) in [5.41, 5.74) is 9.15. The number of anilines is 1. The van der Waals surface area contributed by atoms with Gasteiger partial charge in [0.25, 0.3) is 0 Å². The second-order valence-corrected chi connectivity index (χ2v) is 6.63. The van der Waals surface area contributed by atoms with Gasteiger partial charge in [-0.1, -0.05) is 12.1 Å². The summed E-state index contributed by atoms with van der Waals surface area (Å²) in [5, 5.41) is 5.22. The number of rotatable bonds is 3. The molecule has 3 N–H and O–H groups in total. The van der Waals surface area contributed by atoms with Crippen LogP contribution in [0.4, 0.5) is 5.69 Å². The van der Waals surface area contributed by atoms with Crippen molar-refractivity contribution in [2.45, 2.75) is 38.1 Å². The third-order valence-corrected chi connectivity index (χ3v) is 5.22. The van der Waals surface area contributed by atoms with E-state index in [1.165, 1.54) is 11.1 Å². The molecule has 0 saturated heterocycles. The zero-order valence-corrected chi connectivity index (χ0v) is 13.0. The summed E-state index contributed by atoms with van der Waals surface area (Å²) in [7, 11) is 0. The number of nitrogens with one attached hydrogen (secondary N) is 1. The molecule has 0 fully saturated rings. The molecule has 1 heterocycles. The summed E-state index contributed by atoms with van der Waals surface area (Å²) in [5.74, 6) is 0.0104. The number of aryl methyl sites for hydroxylation is 1. The van der Waals surface area contributed by atoms with Gasteiger partial charge in [-0.2, -0.15) is 0 Å². The normalized spacial score (nSPS) is 18.8. The molecule has 1 aliphatic rings. The van der Waals surface area contributed by atoms with E-state index in [0.717, 1.165) is 29.8 Å². The van der Waals surface area contributed by atoms with E-state index in [0.29, 0.717) is 0 Å². The van der Waals surface area contributed by atoms with Crippen LogP contribution >= 0.6 is 11.3 Å². The van der Waals surface area contributed by atoms with E-state index in [1.807, 2.05) is 36.6 Å². The van der Waals surface area contributed by atoms with Crippen molar-refractivity contribution in [3.05, 3.63) is 51.7 Å². The van der Waals surface area contributed by atoms with Crippen LogP contribution in [0.3, 0.4) is 0 Å². The Labute approximate surface area is 129 Å². The smallest absolute Gasteiger partial charge is 0.228 e. The van der Waals surface area contributed by atoms with Gasteiger partial charge in [0.2, 0.25) is 5.91 Å². The minimum Gasteiger partial charge on any atom is -0.399 e. The van der Waals surface area contributed by atoms with Gasteiger partial charge in [-0.25, -0.2) is 0 Å². The first-order valence-electron chi connectivity index (χ1n) is 7.37. The fraction of sp³-hybridized carbons (Fsp3) is 0.353. The molecule has 1 aliphatic carbocycles. The van der Waals surface area contributed by atoms with Gasteiger partial charge in [0.15, 0.2) is 0 Å². The highest BCUT2D eigenvalue weighted by molar-refractivity contribution is 7.10. The van der Waals surface area contributed by atoms with Crippen molar-refractivity contribution < 1.29 is 4.79 Å². The Hall–Kier alpha value is -1.81. The SMILES string of the molecule is CC(C(=O)NC1CCCc2cc(N)ccc21)c1cccs1. The van der Waals surface area contributed by atoms with Crippen LogP contribution in [0.5, 0.6) is 0 Å². The number of thiophene rings is 1. The van der Waals surface area contributed by atoms with E-state index in [1.54, 1.807) is 11.3 Å². The molecule has 2 aromatic rings. The zero-order chi connectivity index (χ0) is 14.8. The van der Waals surface area contributed by atoms with Gasteiger partial charge < -0.3 is 11.1 Å². The van der Waals surface area contributed by atoms with Gasteiger partial charge in [0.1, 0.15) is 0 Å². The molecule has 110 valence electrons. The van der Waals surface area contributed by atoms with Crippen molar-refractivity contribution in [3.63, 3.8) is 0 Å². The fourth-order valence-electron chi connectivity index (χ4n) is 2.95. The Kier molecular flexibility index (Phi) is 3.97. The molecule has 2 unspecified atom stereocenters. The first kappa shape index (κ1) is 14.1. The summed E-state index contributed by atoms with van der Waals surface area (Å²) >= 11 is 1.63. The molecule has 0 saturated carbocycles. The molecule has 4 heteroatoms. The number of carbonyl (C=O) groups is 1. The van der Waals surface area contributed by atoms with Crippen LogP contribution in [0.2, 0.25) is 0 Å². The number of amides is 1. The monoisotopic (exact) mass is 300 g/mol. The lowest BCUT2D eigenvalue weighted by molar-refractivity contribution is -0.123. The molecule has 3 nitrogen and oxygen atoms in total. The Morgan fingerprint density at radius 1 is 1.43 bits per heavy atom. The summed E-state index contributed by atoms with van der Waals surface area (Å²) < 4.78 is 0. The van der Waals surface area contributed by atoms with Crippen LogP contribution in [0.1, 0.15) is 47.7 Å². The van der Waals surface area contributed by atoms with E-state index in [4.69, 9.17) is 5.73 Å². The van der Waals surface area contributed by atoms with E-state index < -0.39 is 0 Å². The van der Waals surface area contributed by atoms with Gasteiger partial charge in [0, 0.05) is 10.6 Å². The van der Waals surface area contributed by atoms with Crippen LogP contribution < -0.4 is 11.1 Å². The first-order chi connectivity index (χ1) is 10.1. The number of hydrogen-bond donors (Lipinski definition) is 2. The van der Waals surface area contributed by atoms with Gasteiger partial charge >= 0.3 is 0 Å². The Balaban J connectivity index is 1.76.